The highest BCUT2D eigenvalue weighted by Crippen LogP contribution is 2.26. The van der Waals surface area contributed by atoms with Crippen LogP contribution in [0.1, 0.15) is 15.9 Å². The average Bonchev–Trinajstić information content (AvgIpc) is 3.22. The summed E-state index contributed by atoms with van der Waals surface area (Å²) in [5, 5.41) is 11.6. The van der Waals surface area contributed by atoms with Gasteiger partial charge in [-0.25, -0.2) is 9.97 Å². The molecule has 0 radical (unpaired) electrons. The third kappa shape index (κ3) is 4.38. The monoisotopic (exact) mass is 404 g/mol. The van der Waals surface area contributed by atoms with Crippen LogP contribution in [-0.4, -0.2) is 40.2 Å². The lowest BCUT2D eigenvalue weighted by molar-refractivity contribution is 0.102. The Balaban J connectivity index is 1.44. The summed E-state index contributed by atoms with van der Waals surface area (Å²) < 4.78 is 0. The van der Waals surface area contributed by atoms with Crippen LogP contribution in [0.15, 0.2) is 66.1 Å². The van der Waals surface area contributed by atoms with Crippen LogP contribution in [0.5, 0.6) is 0 Å². The van der Waals surface area contributed by atoms with Crippen molar-refractivity contribution in [2.45, 2.75) is 10.8 Å². The van der Waals surface area contributed by atoms with Gasteiger partial charge in [-0.05, 0) is 42.0 Å². The molecule has 2 heterocycles. The number of hydrogen-bond acceptors (Lipinski definition) is 6. The van der Waals surface area contributed by atoms with E-state index >= 15 is 0 Å². The Morgan fingerprint density at radius 1 is 1.14 bits per heavy atom. The molecular formula is C21H20N6OS. The Bertz CT molecular complexity index is 1140. The number of hydrogen-bond donors (Lipinski definition) is 2. The molecule has 0 atom stereocenters. The lowest BCUT2D eigenvalue weighted by Gasteiger charge is -2.13. The van der Waals surface area contributed by atoms with Gasteiger partial charge in [-0.3, -0.25) is 9.89 Å². The number of aromatic nitrogens is 4. The van der Waals surface area contributed by atoms with Crippen molar-refractivity contribution in [3.8, 4) is 0 Å². The van der Waals surface area contributed by atoms with Gasteiger partial charge in [0.05, 0.1) is 11.6 Å². The van der Waals surface area contributed by atoms with Gasteiger partial charge in [-0.15, -0.1) is 11.8 Å². The Labute approximate surface area is 172 Å². The molecule has 29 heavy (non-hydrogen) atoms. The molecule has 4 rings (SSSR count). The van der Waals surface area contributed by atoms with Crippen molar-refractivity contribution in [3.63, 3.8) is 0 Å². The molecule has 0 bridgehead atoms. The predicted molar refractivity (Wildman–Crippen MR) is 116 cm³/mol. The second-order valence-electron chi connectivity index (χ2n) is 6.70. The van der Waals surface area contributed by atoms with Crippen LogP contribution >= 0.6 is 11.8 Å². The van der Waals surface area contributed by atoms with E-state index in [2.05, 4.69) is 25.5 Å². The van der Waals surface area contributed by atoms with E-state index in [1.54, 1.807) is 18.0 Å². The molecule has 0 aliphatic carbocycles. The zero-order chi connectivity index (χ0) is 20.2. The van der Waals surface area contributed by atoms with Crippen molar-refractivity contribution in [2.24, 2.45) is 0 Å². The summed E-state index contributed by atoms with van der Waals surface area (Å²) in [5.41, 5.74) is 4.23. The summed E-state index contributed by atoms with van der Waals surface area (Å²) in [6, 6.07) is 15.4. The molecule has 1 amide bonds. The lowest BCUT2D eigenvalue weighted by atomic mass is 10.1. The molecule has 8 heteroatoms. The van der Waals surface area contributed by atoms with Crippen LogP contribution in [-0.2, 0) is 5.75 Å². The number of nitrogens with zero attached hydrogens (tertiary/aromatic N) is 4. The van der Waals surface area contributed by atoms with Crippen LogP contribution in [0.2, 0.25) is 0 Å². The normalized spacial score (nSPS) is 10.8. The van der Waals surface area contributed by atoms with Gasteiger partial charge in [0, 0.05) is 36.8 Å². The van der Waals surface area contributed by atoms with Crippen LogP contribution in [0, 0.1) is 0 Å². The highest BCUT2D eigenvalue weighted by atomic mass is 32.2. The molecule has 0 unspecified atom stereocenters. The van der Waals surface area contributed by atoms with Crippen molar-refractivity contribution in [2.75, 3.05) is 24.3 Å². The van der Waals surface area contributed by atoms with Gasteiger partial charge in [0.15, 0.2) is 5.65 Å². The number of nitrogens with one attached hydrogen (secondary N) is 2. The Morgan fingerprint density at radius 3 is 2.76 bits per heavy atom. The van der Waals surface area contributed by atoms with Gasteiger partial charge in [0.1, 0.15) is 11.4 Å². The molecule has 0 fully saturated rings. The molecule has 0 aliphatic rings. The minimum absolute atomic E-state index is 0.131. The largest absolute Gasteiger partial charge is 0.378 e. The number of rotatable bonds is 6. The van der Waals surface area contributed by atoms with Crippen molar-refractivity contribution in [1.82, 2.24) is 20.2 Å². The maximum atomic E-state index is 12.6. The molecule has 7 nitrogen and oxygen atoms in total. The fraction of sp³-hybridized carbons (Fsp3) is 0.143. The number of fused-ring (bicyclic) bond motifs is 1. The average molecular weight is 404 g/mol. The standard InChI is InChI=1S/C21H20N6OS/c1-27(2)17-8-6-16(7-9-17)25-20(28)15-5-3-4-14(10-15)12-29-21-18-11-24-26-19(18)22-13-23-21/h3-11,13H,12H2,1-2H3,(H,25,28)(H,22,23,24,26). The van der Waals surface area contributed by atoms with Gasteiger partial charge in [-0.1, -0.05) is 12.1 Å². The number of carbonyl (C=O) groups is 1. The van der Waals surface area contributed by atoms with Crippen LogP contribution < -0.4 is 10.2 Å². The fourth-order valence-electron chi connectivity index (χ4n) is 2.86. The second-order valence-corrected chi connectivity index (χ2v) is 7.66. The number of H-pyrrole nitrogens is 1. The first kappa shape index (κ1) is 18.9. The maximum absolute atomic E-state index is 12.6. The van der Waals surface area contributed by atoms with Gasteiger partial charge in [-0.2, -0.15) is 5.10 Å². The zero-order valence-electron chi connectivity index (χ0n) is 16.1. The summed E-state index contributed by atoms with van der Waals surface area (Å²) in [4.78, 5) is 23.1. The third-order valence-corrected chi connectivity index (χ3v) is 5.49. The Morgan fingerprint density at radius 2 is 1.97 bits per heavy atom. The highest BCUT2D eigenvalue weighted by Gasteiger charge is 2.10. The smallest absolute Gasteiger partial charge is 0.255 e. The van der Waals surface area contributed by atoms with Gasteiger partial charge in [0.2, 0.25) is 0 Å². The summed E-state index contributed by atoms with van der Waals surface area (Å²) in [5.74, 6) is 0.560. The number of amides is 1. The van der Waals surface area contributed by atoms with Crippen molar-refractivity contribution in [3.05, 3.63) is 72.2 Å². The molecular weight excluding hydrogens is 384 g/mol. The first-order valence-electron chi connectivity index (χ1n) is 9.05. The molecule has 2 N–H and O–H groups in total. The van der Waals surface area contributed by atoms with E-state index in [0.29, 0.717) is 11.3 Å². The SMILES string of the molecule is CN(C)c1ccc(NC(=O)c2cccc(CSc3ncnc4[nH]ncc34)c2)cc1. The molecule has 0 aliphatic heterocycles. The first-order valence-corrected chi connectivity index (χ1v) is 10.0. The quantitative estimate of drug-likeness (QED) is 0.374. The molecule has 0 saturated carbocycles. The van der Waals surface area contributed by atoms with Gasteiger partial charge in [0.25, 0.3) is 5.91 Å². The zero-order valence-corrected chi connectivity index (χ0v) is 16.9. The Hall–Kier alpha value is -3.39. The van der Waals surface area contributed by atoms with E-state index < -0.39 is 0 Å². The Kier molecular flexibility index (Phi) is 5.44. The fourth-order valence-corrected chi connectivity index (χ4v) is 3.77. The molecule has 4 aromatic rings. The summed E-state index contributed by atoms with van der Waals surface area (Å²) in [6.45, 7) is 0. The lowest BCUT2D eigenvalue weighted by Crippen LogP contribution is -2.12. The number of carbonyl (C=O) groups excluding carboxylic acids is 1. The van der Waals surface area contributed by atoms with E-state index in [9.17, 15) is 4.79 Å². The van der Waals surface area contributed by atoms with Crippen LogP contribution in [0.4, 0.5) is 11.4 Å². The molecule has 2 aromatic carbocycles. The number of thioether (sulfide) groups is 1. The minimum atomic E-state index is -0.131. The maximum Gasteiger partial charge on any atom is 0.255 e. The molecule has 146 valence electrons. The van der Waals surface area contributed by atoms with E-state index in [1.807, 2.05) is 67.5 Å². The number of aromatic amines is 1. The summed E-state index contributed by atoms with van der Waals surface area (Å²) >= 11 is 1.59. The van der Waals surface area contributed by atoms with E-state index in [0.717, 1.165) is 33.0 Å². The first-order chi connectivity index (χ1) is 14.1. The van der Waals surface area contributed by atoms with Crippen molar-refractivity contribution < 1.29 is 4.79 Å². The van der Waals surface area contributed by atoms with E-state index in [-0.39, 0.29) is 5.91 Å². The number of anilines is 2. The van der Waals surface area contributed by atoms with Crippen molar-refractivity contribution in [1.29, 1.82) is 0 Å². The number of benzene rings is 2. The summed E-state index contributed by atoms with van der Waals surface area (Å²) in [6.07, 6.45) is 3.25. The van der Waals surface area contributed by atoms with Gasteiger partial charge >= 0.3 is 0 Å². The second kappa shape index (κ2) is 8.32. The summed E-state index contributed by atoms with van der Waals surface area (Å²) in [7, 11) is 3.96. The van der Waals surface area contributed by atoms with E-state index in [1.165, 1.54) is 6.33 Å². The molecule has 0 saturated heterocycles. The van der Waals surface area contributed by atoms with Crippen molar-refractivity contribution >= 4 is 40.1 Å². The van der Waals surface area contributed by atoms with Gasteiger partial charge < -0.3 is 10.2 Å². The van der Waals surface area contributed by atoms with E-state index in [4.69, 9.17) is 0 Å². The third-order valence-electron chi connectivity index (χ3n) is 4.42. The van der Waals surface area contributed by atoms with Crippen LogP contribution in [0.3, 0.4) is 0 Å². The topological polar surface area (TPSA) is 86.8 Å². The minimum Gasteiger partial charge on any atom is -0.378 e. The molecule has 2 aromatic heterocycles. The predicted octanol–water partition coefficient (Wildman–Crippen LogP) is 3.96. The van der Waals surface area contributed by atoms with Crippen LogP contribution in [0.25, 0.3) is 11.0 Å². The highest BCUT2D eigenvalue weighted by molar-refractivity contribution is 7.98. The molecule has 0 spiro atoms.